The van der Waals surface area contributed by atoms with E-state index in [0.717, 1.165) is 4.57 Å². The quantitative estimate of drug-likeness (QED) is 0.737. The fraction of sp³-hybridized carbons (Fsp3) is 0.667. The number of cyclic esters (lactones) is 1. The normalized spacial score (nSPS) is 39.8. The molecule has 0 aromatic carbocycles. The summed E-state index contributed by atoms with van der Waals surface area (Å²) in [5.74, 6) is -3.82. The third-order valence-electron chi connectivity index (χ3n) is 2.69. The Morgan fingerprint density at radius 1 is 1.94 bits per heavy atom. The largest absolute Gasteiger partial charge is 0.465 e. The SMILES string of the molecule is [2H]c1nc(C)n(C([2H])([2H])[2H])c1C[C@]1([2H])[C@H](CC)C(=O)OC1([2H])[2H]. The second-order valence-electron chi connectivity index (χ2n) is 3.74. The molecule has 1 saturated heterocycles. The lowest BCUT2D eigenvalue weighted by Gasteiger charge is -2.13. The molecule has 0 saturated carbocycles. The number of esters is 1. The molecule has 16 heavy (non-hydrogen) atoms. The van der Waals surface area contributed by atoms with E-state index in [-0.39, 0.29) is 24.1 Å². The van der Waals surface area contributed by atoms with Gasteiger partial charge in [-0.25, -0.2) is 4.98 Å². The maximum absolute atomic E-state index is 11.8. The summed E-state index contributed by atoms with van der Waals surface area (Å²) in [6, 6.07) is 0. The van der Waals surface area contributed by atoms with Crippen molar-refractivity contribution in [2.45, 2.75) is 26.7 Å². The van der Waals surface area contributed by atoms with Crippen LogP contribution in [-0.4, -0.2) is 22.1 Å². The number of rotatable bonds is 3. The smallest absolute Gasteiger partial charge is 0.309 e. The minimum Gasteiger partial charge on any atom is -0.465 e. The molecule has 1 aliphatic rings. The number of nitrogens with zero attached hydrogens (tertiary/aromatic N) is 2. The maximum Gasteiger partial charge on any atom is 0.309 e. The van der Waals surface area contributed by atoms with Gasteiger partial charge >= 0.3 is 5.97 Å². The third-order valence-corrected chi connectivity index (χ3v) is 2.69. The molecule has 0 aliphatic carbocycles. The Bertz CT molecular complexity index is 640. The van der Waals surface area contributed by atoms with Crippen molar-refractivity contribution in [2.75, 3.05) is 6.56 Å². The number of carbonyl (C=O) groups is 1. The Morgan fingerprint density at radius 3 is 3.44 bits per heavy atom. The average molecular weight is 229 g/mol. The van der Waals surface area contributed by atoms with Crippen molar-refractivity contribution in [1.82, 2.24) is 9.55 Å². The van der Waals surface area contributed by atoms with Gasteiger partial charge in [-0.05, 0) is 19.8 Å². The fourth-order valence-corrected chi connectivity index (χ4v) is 1.71. The Balaban J connectivity index is 2.56. The Labute approximate surface area is 105 Å². The molecule has 0 N–H and O–H groups in total. The van der Waals surface area contributed by atoms with Gasteiger partial charge < -0.3 is 9.30 Å². The average Bonchev–Trinajstić information content (AvgIpc) is 2.71. The molecule has 2 heterocycles. The van der Waals surface area contributed by atoms with Crippen LogP contribution in [0.15, 0.2) is 6.17 Å². The lowest BCUT2D eigenvalue weighted by Crippen LogP contribution is -2.18. The molecule has 1 aliphatic heterocycles. The van der Waals surface area contributed by atoms with Crippen molar-refractivity contribution in [2.24, 2.45) is 18.8 Å². The first kappa shape index (κ1) is 5.34. The molecule has 1 aromatic rings. The van der Waals surface area contributed by atoms with Crippen molar-refractivity contribution in [1.29, 1.82) is 0 Å². The summed E-state index contributed by atoms with van der Waals surface area (Å²) in [5.41, 5.74) is -0.0990. The summed E-state index contributed by atoms with van der Waals surface area (Å²) < 4.78 is 60.3. The third kappa shape index (κ3) is 1.84. The van der Waals surface area contributed by atoms with Crippen molar-refractivity contribution < 1.29 is 19.1 Å². The zero-order valence-electron chi connectivity index (χ0n) is 16.2. The van der Waals surface area contributed by atoms with E-state index in [2.05, 4.69) is 9.72 Å². The van der Waals surface area contributed by atoms with E-state index >= 15 is 0 Å². The number of carbonyl (C=O) groups excluding carboxylic acids is 1. The van der Waals surface area contributed by atoms with Crippen LogP contribution in [0.1, 0.15) is 34.5 Å². The van der Waals surface area contributed by atoms with Gasteiger partial charge in [0.25, 0.3) is 0 Å². The van der Waals surface area contributed by atoms with E-state index in [1.54, 1.807) is 6.92 Å². The summed E-state index contributed by atoms with van der Waals surface area (Å²) in [6.45, 7) is -2.13. The van der Waals surface area contributed by atoms with Gasteiger partial charge in [0.2, 0.25) is 0 Å². The number of hydrogen-bond donors (Lipinski definition) is 0. The number of aryl methyl sites for hydroxylation is 1. The van der Waals surface area contributed by atoms with Crippen LogP contribution in [0.5, 0.6) is 0 Å². The van der Waals surface area contributed by atoms with E-state index in [9.17, 15) is 4.79 Å². The maximum atomic E-state index is 11.8. The molecule has 0 bridgehead atoms. The number of imidazole rings is 1. The molecule has 0 amide bonds. The minimum atomic E-state index is -2.61. The van der Waals surface area contributed by atoms with E-state index in [4.69, 9.17) is 9.60 Å². The molecule has 1 fully saturated rings. The van der Waals surface area contributed by atoms with Gasteiger partial charge in [-0.3, -0.25) is 4.79 Å². The highest BCUT2D eigenvalue weighted by Crippen LogP contribution is 2.28. The fourth-order valence-electron chi connectivity index (χ4n) is 1.71. The Hall–Kier alpha value is -1.32. The molecule has 88 valence electrons. The number of ether oxygens (including phenoxy) is 1. The molecule has 0 radical (unpaired) electrons. The summed E-state index contributed by atoms with van der Waals surface area (Å²) in [5, 5.41) is 0. The van der Waals surface area contributed by atoms with Gasteiger partial charge in [-0.15, -0.1) is 0 Å². The van der Waals surface area contributed by atoms with Gasteiger partial charge in [-0.2, -0.15) is 0 Å². The molecule has 2 atom stereocenters. The highest BCUT2D eigenvalue weighted by molar-refractivity contribution is 5.74. The molecule has 0 unspecified atom stereocenters. The summed E-state index contributed by atoms with van der Waals surface area (Å²) in [6.07, 6.45) is -0.617. The van der Waals surface area contributed by atoms with Gasteiger partial charge in [0.1, 0.15) is 5.82 Å². The second-order valence-corrected chi connectivity index (χ2v) is 3.74. The molecular formula is C12H18N2O2. The Kier molecular flexibility index (Phi) is 1.43. The molecule has 1 aromatic heterocycles. The van der Waals surface area contributed by atoms with Crippen LogP contribution in [0.25, 0.3) is 0 Å². The molecule has 4 heteroatoms. The highest BCUT2D eigenvalue weighted by atomic mass is 16.5. The first-order chi connectivity index (χ1) is 10.3. The first-order valence-corrected chi connectivity index (χ1v) is 5.13. The zero-order chi connectivity index (χ0) is 17.8. The molecule has 4 nitrogen and oxygen atoms in total. The van der Waals surface area contributed by atoms with Crippen molar-refractivity contribution in [3.8, 4) is 0 Å². The predicted octanol–water partition coefficient (Wildman–Crippen LogP) is 1.47. The van der Waals surface area contributed by atoms with Crippen LogP contribution < -0.4 is 0 Å². The topological polar surface area (TPSA) is 44.1 Å². The van der Waals surface area contributed by atoms with Crippen LogP contribution in [0.3, 0.4) is 0 Å². The van der Waals surface area contributed by atoms with Gasteiger partial charge in [0.05, 0.1) is 16.6 Å². The van der Waals surface area contributed by atoms with E-state index in [1.165, 1.54) is 6.92 Å². The first-order valence-electron chi connectivity index (χ1n) is 8.63. The van der Waals surface area contributed by atoms with Crippen molar-refractivity contribution >= 4 is 5.97 Å². The van der Waals surface area contributed by atoms with E-state index < -0.39 is 37.7 Å². The molecule has 2 rings (SSSR count). The van der Waals surface area contributed by atoms with Crippen LogP contribution in [0.2, 0.25) is 0 Å². The Morgan fingerprint density at radius 2 is 2.75 bits per heavy atom. The number of hydrogen-bond acceptors (Lipinski definition) is 3. The van der Waals surface area contributed by atoms with Crippen molar-refractivity contribution in [3.05, 3.63) is 17.7 Å². The van der Waals surface area contributed by atoms with E-state index in [1.807, 2.05) is 0 Å². The monoisotopic (exact) mass is 229 g/mol. The van der Waals surface area contributed by atoms with Crippen LogP contribution in [0.4, 0.5) is 0 Å². The summed E-state index contributed by atoms with van der Waals surface area (Å²) >= 11 is 0. The second kappa shape index (κ2) is 4.28. The van der Waals surface area contributed by atoms with Gasteiger partial charge in [0.15, 0.2) is 0 Å². The van der Waals surface area contributed by atoms with Crippen LogP contribution >= 0.6 is 0 Å². The molecule has 0 spiro atoms. The minimum absolute atomic E-state index is 0.0763. The zero-order valence-corrected chi connectivity index (χ0v) is 9.20. The van der Waals surface area contributed by atoms with Crippen molar-refractivity contribution in [3.63, 3.8) is 0 Å². The summed E-state index contributed by atoms with van der Waals surface area (Å²) in [4.78, 5) is 15.6. The predicted molar refractivity (Wildman–Crippen MR) is 59.9 cm³/mol. The lowest BCUT2D eigenvalue weighted by atomic mass is 9.89. The lowest BCUT2D eigenvalue weighted by molar-refractivity contribution is -0.141. The number of aromatic nitrogens is 2. The standard InChI is InChI=1S/C12H18N2O2/c1-4-11-9(7-16-12(11)15)5-10-6-13-8(2)14(10)3/h6,9,11H,4-5,7H2,1-3H3/t9-,11-/m0/s1/i3D3,6D,7D2,9D. The summed E-state index contributed by atoms with van der Waals surface area (Å²) in [7, 11) is 0. The highest BCUT2D eigenvalue weighted by Gasteiger charge is 2.35. The van der Waals surface area contributed by atoms with Gasteiger partial charge in [0, 0.05) is 30.2 Å². The van der Waals surface area contributed by atoms with Crippen LogP contribution in [-0.2, 0) is 22.9 Å². The van der Waals surface area contributed by atoms with E-state index in [0.29, 0.717) is 0 Å². The van der Waals surface area contributed by atoms with Crippen LogP contribution in [0, 0.1) is 18.7 Å². The molecular weight excluding hydrogens is 204 g/mol. The van der Waals surface area contributed by atoms with Gasteiger partial charge in [-0.1, -0.05) is 6.92 Å².